The lowest BCUT2D eigenvalue weighted by Crippen LogP contribution is -2.44. The normalized spacial score (nSPS) is 22.0. The molecule has 3 heteroatoms. The van der Waals surface area contributed by atoms with Crippen molar-refractivity contribution in [1.29, 1.82) is 0 Å². The Labute approximate surface area is 102 Å². The lowest BCUT2D eigenvalue weighted by molar-refractivity contribution is -0.0104. The van der Waals surface area contributed by atoms with Gasteiger partial charge in [-0.05, 0) is 25.3 Å². The molecule has 0 bridgehead atoms. The average molecular weight is 232 g/mol. The molecule has 0 unspecified atom stereocenters. The SMILES string of the molecule is CC1(O)CCN([C@@H]([C]=O)c2ccccc2)CC1. The fourth-order valence-electron chi connectivity index (χ4n) is 2.25. The Bertz CT molecular complexity index is 365. The molecular weight excluding hydrogens is 214 g/mol. The number of hydrogen-bond donors (Lipinski definition) is 1. The van der Waals surface area contributed by atoms with Crippen LogP contribution in [0.25, 0.3) is 0 Å². The van der Waals surface area contributed by atoms with E-state index in [1.165, 1.54) is 0 Å². The van der Waals surface area contributed by atoms with Gasteiger partial charge in [0.1, 0.15) is 6.04 Å². The molecule has 0 spiro atoms. The second-order valence-corrected chi connectivity index (χ2v) is 4.96. The molecule has 91 valence electrons. The van der Waals surface area contributed by atoms with Crippen LogP contribution in [-0.2, 0) is 4.79 Å². The summed E-state index contributed by atoms with van der Waals surface area (Å²) >= 11 is 0. The lowest BCUT2D eigenvalue weighted by Gasteiger charge is -2.38. The molecule has 1 aliphatic rings. The molecule has 3 nitrogen and oxygen atoms in total. The first-order chi connectivity index (χ1) is 8.12. The molecule has 1 atom stereocenters. The van der Waals surface area contributed by atoms with E-state index in [1.807, 2.05) is 37.3 Å². The third kappa shape index (κ3) is 2.93. The molecule has 2 rings (SSSR count). The smallest absolute Gasteiger partial charge is 0.222 e. The quantitative estimate of drug-likeness (QED) is 0.862. The van der Waals surface area contributed by atoms with Gasteiger partial charge in [-0.3, -0.25) is 9.69 Å². The fourth-order valence-corrected chi connectivity index (χ4v) is 2.25. The van der Waals surface area contributed by atoms with Gasteiger partial charge in [-0.1, -0.05) is 30.3 Å². The molecule has 0 aromatic heterocycles. The van der Waals surface area contributed by atoms with Gasteiger partial charge >= 0.3 is 0 Å². The second-order valence-electron chi connectivity index (χ2n) is 4.96. The van der Waals surface area contributed by atoms with Crippen LogP contribution in [0.15, 0.2) is 30.3 Å². The summed E-state index contributed by atoms with van der Waals surface area (Å²) in [6, 6.07) is 9.39. The highest BCUT2D eigenvalue weighted by atomic mass is 16.3. The molecule has 1 aromatic carbocycles. The zero-order valence-electron chi connectivity index (χ0n) is 10.1. The van der Waals surface area contributed by atoms with Gasteiger partial charge in [0.05, 0.1) is 5.60 Å². The van der Waals surface area contributed by atoms with Crippen LogP contribution in [0.5, 0.6) is 0 Å². The van der Waals surface area contributed by atoms with Gasteiger partial charge in [-0.25, -0.2) is 0 Å². The number of piperidine rings is 1. The average Bonchev–Trinajstić information content (AvgIpc) is 2.33. The Hall–Kier alpha value is -1.19. The van der Waals surface area contributed by atoms with Crippen molar-refractivity contribution >= 4 is 6.29 Å². The summed E-state index contributed by atoms with van der Waals surface area (Å²) in [6.45, 7) is 3.33. The van der Waals surface area contributed by atoms with Crippen LogP contribution in [0.1, 0.15) is 31.4 Å². The molecule has 1 aliphatic heterocycles. The number of rotatable bonds is 3. The molecule has 1 aromatic rings. The van der Waals surface area contributed by atoms with Crippen molar-refractivity contribution in [3.63, 3.8) is 0 Å². The number of hydrogen-bond acceptors (Lipinski definition) is 3. The van der Waals surface area contributed by atoms with Gasteiger partial charge in [-0.15, -0.1) is 0 Å². The van der Waals surface area contributed by atoms with E-state index in [9.17, 15) is 9.90 Å². The van der Waals surface area contributed by atoms with Gasteiger partial charge in [0.15, 0.2) is 0 Å². The van der Waals surface area contributed by atoms with Crippen LogP contribution in [0, 0.1) is 0 Å². The van der Waals surface area contributed by atoms with Crippen molar-refractivity contribution in [2.45, 2.75) is 31.4 Å². The topological polar surface area (TPSA) is 40.5 Å². The summed E-state index contributed by atoms with van der Waals surface area (Å²) in [5.41, 5.74) is 0.393. The summed E-state index contributed by atoms with van der Waals surface area (Å²) < 4.78 is 0. The third-order valence-corrected chi connectivity index (χ3v) is 3.47. The first kappa shape index (κ1) is 12.3. The van der Waals surface area contributed by atoms with Gasteiger partial charge < -0.3 is 5.11 Å². The van der Waals surface area contributed by atoms with Crippen molar-refractivity contribution in [3.8, 4) is 0 Å². The Morgan fingerprint density at radius 3 is 2.41 bits per heavy atom. The van der Waals surface area contributed by atoms with E-state index >= 15 is 0 Å². The zero-order valence-corrected chi connectivity index (χ0v) is 10.1. The third-order valence-electron chi connectivity index (χ3n) is 3.47. The highest BCUT2D eigenvalue weighted by molar-refractivity contribution is 5.62. The van der Waals surface area contributed by atoms with Crippen molar-refractivity contribution in [2.24, 2.45) is 0 Å². The second kappa shape index (κ2) is 4.98. The molecule has 1 heterocycles. The first-order valence-corrected chi connectivity index (χ1v) is 6.01. The maximum Gasteiger partial charge on any atom is 0.222 e. The molecule has 1 fully saturated rings. The standard InChI is InChI=1S/C14H18NO2/c1-14(17)7-9-15(10-8-14)13(11-16)12-5-3-2-4-6-12/h2-6,13,17H,7-10H2,1H3/t13-/m0/s1. The number of aliphatic hydroxyl groups is 1. The highest BCUT2D eigenvalue weighted by Crippen LogP contribution is 2.27. The maximum absolute atomic E-state index is 11.1. The van der Waals surface area contributed by atoms with E-state index < -0.39 is 5.60 Å². The maximum atomic E-state index is 11.1. The van der Waals surface area contributed by atoms with Crippen molar-refractivity contribution in [2.75, 3.05) is 13.1 Å². The van der Waals surface area contributed by atoms with E-state index in [-0.39, 0.29) is 6.04 Å². The summed E-state index contributed by atoms with van der Waals surface area (Å²) in [5, 5.41) is 9.89. The van der Waals surface area contributed by atoms with E-state index in [4.69, 9.17) is 0 Å². The van der Waals surface area contributed by atoms with Crippen LogP contribution < -0.4 is 0 Å². The number of nitrogens with zero attached hydrogens (tertiary/aromatic N) is 1. The molecule has 1 saturated heterocycles. The minimum Gasteiger partial charge on any atom is -0.390 e. The molecule has 0 aliphatic carbocycles. The van der Waals surface area contributed by atoms with E-state index in [0.29, 0.717) is 12.8 Å². The van der Waals surface area contributed by atoms with Gasteiger partial charge in [0, 0.05) is 13.1 Å². The Morgan fingerprint density at radius 1 is 1.29 bits per heavy atom. The Kier molecular flexibility index (Phi) is 3.60. The summed E-state index contributed by atoms with van der Waals surface area (Å²) in [7, 11) is 0. The number of carbonyl (C=O) groups excluding carboxylic acids is 1. The zero-order chi connectivity index (χ0) is 12.3. The van der Waals surface area contributed by atoms with Gasteiger partial charge in [0.25, 0.3) is 0 Å². The van der Waals surface area contributed by atoms with Crippen LogP contribution in [-0.4, -0.2) is 35.0 Å². The molecule has 0 amide bonds. The molecule has 0 saturated carbocycles. The van der Waals surface area contributed by atoms with Crippen molar-refractivity contribution in [1.82, 2.24) is 4.90 Å². The van der Waals surface area contributed by atoms with Gasteiger partial charge in [0.2, 0.25) is 6.29 Å². The van der Waals surface area contributed by atoms with Gasteiger partial charge in [-0.2, -0.15) is 0 Å². The number of likely N-dealkylation sites (tertiary alicyclic amines) is 1. The monoisotopic (exact) mass is 232 g/mol. The molecule has 1 N–H and O–H groups in total. The molecule has 1 radical (unpaired) electrons. The minimum absolute atomic E-state index is 0.299. The number of benzene rings is 1. The molecular formula is C14H18NO2. The van der Waals surface area contributed by atoms with Crippen molar-refractivity contribution < 1.29 is 9.90 Å². The minimum atomic E-state index is -0.583. The predicted molar refractivity (Wildman–Crippen MR) is 66.3 cm³/mol. The Balaban J connectivity index is 2.08. The first-order valence-electron chi connectivity index (χ1n) is 6.01. The molecule has 17 heavy (non-hydrogen) atoms. The van der Waals surface area contributed by atoms with Crippen LogP contribution in [0.4, 0.5) is 0 Å². The van der Waals surface area contributed by atoms with Crippen LogP contribution >= 0.6 is 0 Å². The highest BCUT2D eigenvalue weighted by Gasteiger charge is 2.31. The largest absolute Gasteiger partial charge is 0.390 e. The summed E-state index contributed by atoms with van der Waals surface area (Å²) in [5.74, 6) is 0. The van der Waals surface area contributed by atoms with E-state index in [0.717, 1.165) is 18.7 Å². The van der Waals surface area contributed by atoms with Crippen LogP contribution in [0.3, 0.4) is 0 Å². The summed E-state index contributed by atoms with van der Waals surface area (Å²) in [6.07, 6.45) is 3.52. The van der Waals surface area contributed by atoms with E-state index in [1.54, 1.807) is 0 Å². The fraction of sp³-hybridized carbons (Fsp3) is 0.500. The Morgan fingerprint density at radius 2 is 1.88 bits per heavy atom. The van der Waals surface area contributed by atoms with E-state index in [2.05, 4.69) is 11.2 Å². The lowest BCUT2D eigenvalue weighted by atomic mass is 9.92. The predicted octanol–water partition coefficient (Wildman–Crippen LogP) is 1.68. The summed E-state index contributed by atoms with van der Waals surface area (Å²) in [4.78, 5) is 13.2. The van der Waals surface area contributed by atoms with Crippen LogP contribution in [0.2, 0.25) is 0 Å². The van der Waals surface area contributed by atoms with Crippen molar-refractivity contribution in [3.05, 3.63) is 35.9 Å².